The topological polar surface area (TPSA) is 90.8 Å². The zero-order chi connectivity index (χ0) is 21.5. The summed E-state index contributed by atoms with van der Waals surface area (Å²) in [5, 5.41) is 12.2. The number of thiazole rings is 1. The highest BCUT2D eigenvalue weighted by molar-refractivity contribution is 7.90. The first-order valence-corrected chi connectivity index (χ1v) is 12.7. The van der Waals surface area contributed by atoms with Crippen LogP contribution in [0.3, 0.4) is 0 Å². The van der Waals surface area contributed by atoms with E-state index in [1.165, 1.54) is 17.0 Å². The Morgan fingerprint density at radius 2 is 1.90 bits per heavy atom. The zero-order valence-electron chi connectivity index (χ0n) is 16.6. The Balaban J connectivity index is 1.42. The fourth-order valence-electron chi connectivity index (χ4n) is 4.19. The van der Waals surface area contributed by atoms with Crippen molar-refractivity contribution in [3.63, 3.8) is 0 Å². The number of carbonyl (C=O) groups is 1. The number of aromatic nitrogens is 1. The van der Waals surface area contributed by atoms with Crippen LogP contribution in [-0.4, -0.2) is 61.9 Å². The summed E-state index contributed by atoms with van der Waals surface area (Å²) >= 11 is 1.62. The summed E-state index contributed by atoms with van der Waals surface area (Å²) < 4.78 is 37.8. The third-order valence-corrected chi connectivity index (χ3v) is 8.08. The van der Waals surface area contributed by atoms with Crippen LogP contribution < -0.4 is 4.90 Å². The normalized spacial score (nSPS) is 20.7. The molecule has 2 fully saturated rings. The number of amides is 1. The monoisotopic (exact) mass is 453 g/mol. The Morgan fingerprint density at radius 1 is 1.20 bits per heavy atom. The SMILES string of the molecule is CS(=O)(=O)c1ccc(N2CCC(c3csc(C4CCN(C(=O)O)CC4)n3)C2)c(F)c1. The van der Waals surface area contributed by atoms with E-state index in [-0.39, 0.29) is 16.7 Å². The number of hydrogen-bond donors (Lipinski definition) is 1. The maximum Gasteiger partial charge on any atom is 0.407 e. The molecule has 1 unspecified atom stereocenters. The minimum Gasteiger partial charge on any atom is -0.465 e. The molecule has 2 aliphatic heterocycles. The van der Waals surface area contributed by atoms with E-state index in [1.807, 2.05) is 4.90 Å². The van der Waals surface area contributed by atoms with Gasteiger partial charge in [0.05, 0.1) is 21.3 Å². The van der Waals surface area contributed by atoms with Gasteiger partial charge in [-0.15, -0.1) is 11.3 Å². The highest BCUT2D eigenvalue weighted by Crippen LogP contribution is 2.36. The molecule has 1 aromatic carbocycles. The number of likely N-dealkylation sites (tertiary alicyclic amines) is 1. The summed E-state index contributed by atoms with van der Waals surface area (Å²) in [5.74, 6) is -0.0383. The number of sulfone groups is 1. The molecule has 2 aliphatic rings. The van der Waals surface area contributed by atoms with E-state index in [1.54, 1.807) is 11.3 Å². The van der Waals surface area contributed by atoms with Gasteiger partial charge in [0.25, 0.3) is 0 Å². The molecule has 0 spiro atoms. The van der Waals surface area contributed by atoms with Gasteiger partial charge in [-0.3, -0.25) is 0 Å². The molecular weight excluding hydrogens is 429 g/mol. The molecule has 1 aromatic heterocycles. The molecule has 0 radical (unpaired) electrons. The van der Waals surface area contributed by atoms with Crippen molar-refractivity contribution in [2.75, 3.05) is 37.3 Å². The van der Waals surface area contributed by atoms with Crippen LogP contribution in [0.1, 0.15) is 41.8 Å². The van der Waals surface area contributed by atoms with E-state index in [2.05, 4.69) is 5.38 Å². The Labute approximate surface area is 179 Å². The van der Waals surface area contributed by atoms with Gasteiger partial charge in [0.1, 0.15) is 5.82 Å². The van der Waals surface area contributed by atoms with Crippen molar-refractivity contribution in [3.8, 4) is 0 Å². The molecule has 1 amide bonds. The smallest absolute Gasteiger partial charge is 0.407 e. The van der Waals surface area contributed by atoms with Crippen molar-refractivity contribution < 1.29 is 22.7 Å². The van der Waals surface area contributed by atoms with Crippen molar-refractivity contribution in [2.45, 2.75) is 36.0 Å². The van der Waals surface area contributed by atoms with Gasteiger partial charge in [0.2, 0.25) is 0 Å². The Bertz CT molecular complexity index is 1050. The van der Waals surface area contributed by atoms with Crippen LogP contribution in [-0.2, 0) is 9.84 Å². The fourth-order valence-corrected chi connectivity index (χ4v) is 5.89. The number of carboxylic acid groups (broad SMARTS) is 1. The summed E-state index contributed by atoms with van der Waals surface area (Å²) in [7, 11) is -3.44. The minimum atomic E-state index is -3.44. The predicted molar refractivity (Wildman–Crippen MR) is 113 cm³/mol. The van der Waals surface area contributed by atoms with Crippen LogP contribution in [0.5, 0.6) is 0 Å². The molecule has 7 nitrogen and oxygen atoms in total. The first-order chi connectivity index (χ1) is 14.2. The Kier molecular flexibility index (Phi) is 5.71. The van der Waals surface area contributed by atoms with Crippen LogP contribution >= 0.6 is 11.3 Å². The fraction of sp³-hybridized carbons (Fsp3) is 0.500. The molecule has 0 saturated carbocycles. The maximum atomic E-state index is 14.5. The lowest BCUT2D eigenvalue weighted by Gasteiger charge is -2.28. The zero-order valence-corrected chi connectivity index (χ0v) is 18.3. The van der Waals surface area contributed by atoms with Crippen LogP contribution in [0.4, 0.5) is 14.9 Å². The van der Waals surface area contributed by atoms with Crippen LogP contribution in [0, 0.1) is 5.82 Å². The molecule has 162 valence electrons. The molecule has 4 rings (SSSR count). The number of hydrogen-bond acceptors (Lipinski definition) is 6. The van der Waals surface area contributed by atoms with E-state index in [9.17, 15) is 17.6 Å². The predicted octanol–water partition coefficient (Wildman–Crippen LogP) is 3.54. The third kappa shape index (κ3) is 4.29. The lowest BCUT2D eigenvalue weighted by Crippen LogP contribution is -2.36. The summed E-state index contributed by atoms with van der Waals surface area (Å²) in [5.41, 5.74) is 1.42. The lowest BCUT2D eigenvalue weighted by molar-refractivity contribution is 0.132. The number of piperidine rings is 1. The summed E-state index contributed by atoms with van der Waals surface area (Å²) in [6.45, 7) is 2.39. The van der Waals surface area contributed by atoms with Gasteiger partial charge in [-0.2, -0.15) is 0 Å². The Morgan fingerprint density at radius 3 is 2.53 bits per heavy atom. The summed E-state index contributed by atoms with van der Waals surface area (Å²) in [4.78, 5) is 19.3. The van der Waals surface area contributed by atoms with E-state index in [0.29, 0.717) is 31.9 Å². The van der Waals surface area contributed by atoms with Gasteiger partial charge in [0, 0.05) is 49.7 Å². The number of benzene rings is 1. The molecule has 3 heterocycles. The van der Waals surface area contributed by atoms with Crippen LogP contribution in [0.2, 0.25) is 0 Å². The summed E-state index contributed by atoms with van der Waals surface area (Å²) in [6.07, 6.45) is 2.63. The summed E-state index contributed by atoms with van der Waals surface area (Å²) in [6, 6.07) is 4.07. The maximum absolute atomic E-state index is 14.5. The van der Waals surface area contributed by atoms with Gasteiger partial charge < -0.3 is 14.9 Å². The number of rotatable bonds is 4. The molecular formula is C20H24FN3O4S2. The quantitative estimate of drug-likeness (QED) is 0.762. The first kappa shape index (κ1) is 21.0. The average molecular weight is 454 g/mol. The third-order valence-electron chi connectivity index (χ3n) is 5.95. The highest BCUT2D eigenvalue weighted by atomic mass is 32.2. The number of nitrogens with zero attached hydrogens (tertiary/aromatic N) is 3. The second kappa shape index (κ2) is 8.14. The average Bonchev–Trinajstić information content (AvgIpc) is 3.37. The molecule has 30 heavy (non-hydrogen) atoms. The lowest BCUT2D eigenvalue weighted by atomic mass is 9.97. The van der Waals surface area contributed by atoms with Gasteiger partial charge in [0.15, 0.2) is 9.84 Å². The minimum absolute atomic E-state index is 0.0161. The van der Waals surface area contributed by atoms with Gasteiger partial charge in [-0.05, 0) is 37.5 Å². The second-order valence-electron chi connectivity index (χ2n) is 7.97. The largest absolute Gasteiger partial charge is 0.465 e. The van der Waals surface area contributed by atoms with Crippen molar-refractivity contribution in [1.29, 1.82) is 0 Å². The van der Waals surface area contributed by atoms with Crippen molar-refractivity contribution in [2.24, 2.45) is 0 Å². The van der Waals surface area contributed by atoms with Gasteiger partial charge in [-0.25, -0.2) is 22.6 Å². The van der Waals surface area contributed by atoms with Crippen molar-refractivity contribution in [3.05, 3.63) is 40.1 Å². The molecule has 10 heteroatoms. The van der Waals surface area contributed by atoms with E-state index < -0.39 is 21.7 Å². The van der Waals surface area contributed by atoms with E-state index >= 15 is 0 Å². The van der Waals surface area contributed by atoms with Gasteiger partial charge >= 0.3 is 6.09 Å². The first-order valence-electron chi connectivity index (χ1n) is 9.90. The van der Waals surface area contributed by atoms with E-state index in [4.69, 9.17) is 10.1 Å². The van der Waals surface area contributed by atoms with Crippen molar-refractivity contribution >= 4 is 33.0 Å². The molecule has 2 saturated heterocycles. The van der Waals surface area contributed by atoms with Crippen molar-refractivity contribution in [1.82, 2.24) is 9.88 Å². The standard InChI is InChI=1S/C20H24FN3O4S2/c1-30(27,28)15-2-3-18(16(21)10-15)24-9-6-14(11-24)17-12-29-19(22-17)13-4-7-23(8-5-13)20(25)26/h2-3,10,12-14H,4-9,11H2,1H3,(H,25,26). The van der Waals surface area contributed by atoms with Crippen LogP contribution in [0.25, 0.3) is 0 Å². The second-order valence-corrected chi connectivity index (χ2v) is 10.9. The molecule has 0 bridgehead atoms. The highest BCUT2D eigenvalue weighted by Gasteiger charge is 2.30. The molecule has 0 aliphatic carbocycles. The molecule has 1 N–H and O–H groups in total. The Hall–Kier alpha value is -2.20. The van der Waals surface area contributed by atoms with Gasteiger partial charge in [-0.1, -0.05) is 0 Å². The molecule has 2 aromatic rings. The van der Waals surface area contributed by atoms with Crippen LogP contribution in [0.15, 0.2) is 28.5 Å². The molecule has 1 atom stereocenters. The van der Waals surface area contributed by atoms with E-state index in [0.717, 1.165) is 42.3 Å². The number of anilines is 1. The number of halogens is 1.